The van der Waals surface area contributed by atoms with Gasteiger partial charge in [0.2, 0.25) is 0 Å². The summed E-state index contributed by atoms with van der Waals surface area (Å²) < 4.78 is 19.4. The Labute approximate surface area is 136 Å². The second-order valence-electron chi connectivity index (χ2n) is 6.69. The number of carbonyl (C=O) groups is 1. The highest BCUT2D eigenvalue weighted by atomic mass is 19.1. The molecular weight excluding hydrogens is 295 g/mol. The molecule has 0 unspecified atom stereocenters. The summed E-state index contributed by atoms with van der Waals surface area (Å²) in [5.41, 5.74) is 0.0229. The number of ether oxygens (including phenoxy) is 1. The van der Waals surface area contributed by atoms with Crippen molar-refractivity contribution in [1.29, 1.82) is 0 Å². The summed E-state index contributed by atoms with van der Waals surface area (Å²) in [6.45, 7) is 5.50. The molecule has 0 saturated heterocycles. The van der Waals surface area contributed by atoms with Gasteiger partial charge in [-0.15, -0.1) is 0 Å². The van der Waals surface area contributed by atoms with Crippen LogP contribution in [0, 0.1) is 5.82 Å². The summed E-state index contributed by atoms with van der Waals surface area (Å²) in [5.74, 6) is -0.473. The molecule has 2 aromatic carbocycles. The lowest BCUT2D eigenvalue weighted by atomic mass is 9.98. The van der Waals surface area contributed by atoms with Crippen LogP contribution in [0.15, 0.2) is 30.3 Å². The molecule has 0 aromatic heterocycles. The van der Waals surface area contributed by atoms with Crippen molar-refractivity contribution in [3.63, 3.8) is 0 Å². The molecule has 0 aliphatic carbocycles. The molecule has 0 spiro atoms. The van der Waals surface area contributed by atoms with Crippen LogP contribution in [0.2, 0.25) is 0 Å². The fourth-order valence-electron chi connectivity index (χ4n) is 2.62. The largest absolute Gasteiger partial charge is 0.507 e. The first-order valence-electron chi connectivity index (χ1n) is 7.89. The topological polar surface area (TPSA) is 46.5 Å². The number of phenols is 1. The molecule has 2 rings (SSSR count). The minimum Gasteiger partial charge on any atom is -0.507 e. The Hall–Kier alpha value is -2.10. The Morgan fingerprint density at radius 1 is 1.17 bits per heavy atom. The van der Waals surface area contributed by atoms with Crippen LogP contribution < -0.4 is 0 Å². The fraction of sp³-hybridized carbons (Fsp3) is 0.421. The standard InChI is InChI=1S/C19H23FO3/c1-19(2,3)23-17(22)10-5-4-8-14-15(20)12-11-13-7-6-9-16(21)18(13)14/h6-7,9,11-12,21H,4-5,8,10H2,1-3H3. The maximum atomic E-state index is 14.1. The van der Waals surface area contributed by atoms with Crippen LogP contribution in [0.3, 0.4) is 0 Å². The van der Waals surface area contributed by atoms with Gasteiger partial charge < -0.3 is 9.84 Å². The van der Waals surface area contributed by atoms with Gasteiger partial charge in [-0.25, -0.2) is 4.39 Å². The van der Waals surface area contributed by atoms with Crippen LogP contribution in [0.25, 0.3) is 10.8 Å². The van der Waals surface area contributed by atoms with E-state index in [0.29, 0.717) is 36.6 Å². The van der Waals surface area contributed by atoms with E-state index in [4.69, 9.17) is 4.74 Å². The van der Waals surface area contributed by atoms with Gasteiger partial charge in [0.25, 0.3) is 0 Å². The monoisotopic (exact) mass is 318 g/mol. The number of hydrogen-bond acceptors (Lipinski definition) is 3. The highest BCUT2D eigenvalue weighted by molar-refractivity contribution is 5.91. The van der Waals surface area contributed by atoms with Crippen LogP contribution in [-0.4, -0.2) is 16.7 Å². The van der Waals surface area contributed by atoms with E-state index >= 15 is 0 Å². The molecule has 2 aromatic rings. The summed E-state index contributed by atoms with van der Waals surface area (Å²) >= 11 is 0. The smallest absolute Gasteiger partial charge is 0.306 e. The lowest BCUT2D eigenvalue weighted by Gasteiger charge is -2.19. The molecule has 0 saturated carbocycles. The Kier molecular flexibility index (Phi) is 5.24. The average molecular weight is 318 g/mol. The summed E-state index contributed by atoms with van der Waals surface area (Å²) in [5, 5.41) is 11.4. The van der Waals surface area contributed by atoms with Crippen molar-refractivity contribution in [2.24, 2.45) is 0 Å². The van der Waals surface area contributed by atoms with Crippen molar-refractivity contribution in [2.45, 2.75) is 52.1 Å². The van der Waals surface area contributed by atoms with E-state index in [1.807, 2.05) is 26.8 Å². The molecule has 23 heavy (non-hydrogen) atoms. The van der Waals surface area contributed by atoms with Gasteiger partial charge in [0.1, 0.15) is 17.2 Å². The van der Waals surface area contributed by atoms with Crippen molar-refractivity contribution in [3.8, 4) is 5.75 Å². The van der Waals surface area contributed by atoms with Crippen molar-refractivity contribution in [1.82, 2.24) is 0 Å². The molecule has 124 valence electrons. The van der Waals surface area contributed by atoms with Gasteiger partial charge in [-0.2, -0.15) is 0 Å². The van der Waals surface area contributed by atoms with E-state index in [1.54, 1.807) is 18.2 Å². The Morgan fingerprint density at radius 2 is 1.91 bits per heavy atom. The number of halogens is 1. The second kappa shape index (κ2) is 6.99. The van der Waals surface area contributed by atoms with Crippen LogP contribution in [0.5, 0.6) is 5.75 Å². The summed E-state index contributed by atoms with van der Waals surface area (Å²) in [7, 11) is 0. The first-order valence-corrected chi connectivity index (χ1v) is 7.89. The van der Waals surface area contributed by atoms with E-state index in [9.17, 15) is 14.3 Å². The maximum absolute atomic E-state index is 14.1. The van der Waals surface area contributed by atoms with Crippen molar-refractivity contribution < 1.29 is 19.0 Å². The number of aromatic hydroxyl groups is 1. The van der Waals surface area contributed by atoms with Crippen molar-refractivity contribution in [3.05, 3.63) is 41.7 Å². The number of aryl methyl sites for hydroxylation is 1. The maximum Gasteiger partial charge on any atom is 0.306 e. The molecule has 0 amide bonds. The molecule has 0 aliphatic rings. The molecule has 0 aliphatic heterocycles. The van der Waals surface area contributed by atoms with E-state index in [2.05, 4.69) is 0 Å². The first kappa shape index (κ1) is 17.3. The third-order valence-corrected chi connectivity index (χ3v) is 3.55. The minimum atomic E-state index is -0.482. The third-order valence-electron chi connectivity index (χ3n) is 3.55. The lowest BCUT2D eigenvalue weighted by molar-refractivity contribution is -0.154. The number of unbranched alkanes of at least 4 members (excludes halogenated alkanes) is 1. The van der Waals surface area contributed by atoms with E-state index < -0.39 is 5.60 Å². The van der Waals surface area contributed by atoms with Gasteiger partial charge in [0, 0.05) is 11.8 Å². The first-order chi connectivity index (χ1) is 10.8. The quantitative estimate of drug-likeness (QED) is 0.640. The van der Waals surface area contributed by atoms with Gasteiger partial charge >= 0.3 is 5.97 Å². The highest BCUT2D eigenvalue weighted by Gasteiger charge is 2.16. The van der Waals surface area contributed by atoms with E-state index in [1.165, 1.54) is 6.07 Å². The summed E-state index contributed by atoms with van der Waals surface area (Å²) in [6.07, 6.45) is 2.07. The van der Waals surface area contributed by atoms with E-state index in [-0.39, 0.29) is 17.5 Å². The predicted octanol–water partition coefficient (Wildman–Crippen LogP) is 4.74. The Balaban J connectivity index is 2.00. The SMILES string of the molecule is CC(C)(C)OC(=O)CCCCc1c(F)ccc2cccc(O)c12. The van der Waals surface area contributed by atoms with E-state index in [0.717, 1.165) is 5.39 Å². The van der Waals surface area contributed by atoms with Gasteiger partial charge in [0.15, 0.2) is 0 Å². The van der Waals surface area contributed by atoms with Crippen molar-refractivity contribution in [2.75, 3.05) is 0 Å². The second-order valence-corrected chi connectivity index (χ2v) is 6.69. The number of esters is 1. The number of fused-ring (bicyclic) bond motifs is 1. The molecule has 0 radical (unpaired) electrons. The molecule has 0 heterocycles. The number of phenolic OH excluding ortho intramolecular Hbond substituents is 1. The highest BCUT2D eigenvalue weighted by Crippen LogP contribution is 2.30. The number of benzene rings is 2. The average Bonchev–Trinajstić information content (AvgIpc) is 2.44. The van der Waals surface area contributed by atoms with Crippen LogP contribution in [-0.2, 0) is 16.0 Å². The van der Waals surface area contributed by atoms with Gasteiger partial charge in [-0.05, 0) is 63.1 Å². The normalized spacial score (nSPS) is 11.7. The molecule has 0 bridgehead atoms. The molecule has 1 N–H and O–H groups in total. The lowest BCUT2D eigenvalue weighted by Crippen LogP contribution is -2.23. The molecule has 3 nitrogen and oxygen atoms in total. The van der Waals surface area contributed by atoms with Crippen LogP contribution in [0.4, 0.5) is 4.39 Å². The van der Waals surface area contributed by atoms with Crippen LogP contribution >= 0.6 is 0 Å². The molecular formula is C19H23FO3. The molecule has 4 heteroatoms. The zero-order chi connectivity index (χ0) is 17.0. The Morgan fingerprint density at radius 3 is 2.61 bits per heavy atom. The summed E-state index contributed by atoms with van der Waals surface area (Å²) in [4.78, 5) is 11.7. The minimum absolute atomic E-state index is 0.0872. The zero-order valence-electron chi connectivity index (χ0n) is 13.9. The van der Waals surface area contributed by atoms with Crippen molar-refractivity contribution >= 4 is 16.7 Å². The number of rotatable bonds is 5. The third kappa shape index (κ3) is 4.68. The number of hydrogen-bond donors (Lipinski definition) is 1. The fourth-order valence-corrected chi connectivity index (χ4v) is 2.62. The number of carbonyl (C=O) groups excluding carboxylic acids is 1. The molecule has 0 atom stereocenters. The molecule has 0 fully saturated rings. The Bertz CT molecular complexity index is 702. The predicted molar refractivity (Wildman–Crippen MR) is 89.0 cm³/mol. The zero-order valence-corrected chi connectivity index (χ0v) is 13.9. The van der Waals surface area contributed by atoms with Crippen LogP contribution in [0.1, 0.15) is 45.6 Å². The van der Waals surface area contributed by atoms with Gasteiger partial charge in [-0.1, -0.05) is 18.2 Å². The van der Waals surface area contributed by atoms with Gasteiger partial charge in [0.05, 0.1) is 0 Å². The van der Waals surface area contributed by atoms with Gasteiger partial charge in [-0.3, -0.25) is 4.79 Å². The summed E-state index contributed by atoms with van der Waals surface area (Å²) in [6, 6.07) is 8.23.